The smallest absolute Gasteiger partial charge is 0.119 e. The normalized spacial score (nSPS) is 25.8. The molecule has 0 spiro atoms. The molecule has 118 valence electrons. The number of hydrogen-bond acceptors (Lipinski definition) is 3. The molecule has 1 saturated carbocycles. The van der Waals surface area contributed by atoms with Gasteiger partial charge in [0.2, 0.25) is 0 Å². The average molecular weight is 291 g/mol. The number of ether oxygens (including phenoxy) is 2. The number of hydrogen-bond donors (Lipinski definition) is 1. The molecule has 3 nitrogen and oxygen atoms in total. The Bertz CT molecular complexity index is 404. The van der Waals surface area contributed by atoms with Crippen molar-refractivity contribution in [2.75, 3.05) is 19.8 Å². The number of benzene rings is 1. The van der Waals surface area contributed by atoms with E-state index in [2.05, 4.69) is 26.0 Å². The number of rotatable bonds is 7. The third-order valence-corrected chi connectivity index (χ3v) is 4.61. The number of nitrogens with two attached hydrogens (primary N) is 1. The molecule has 2 N–H and O–H groups in total. The monoisotopic (exact) mass is 291 g/mol. The highest BCUT2D eigenvalue weighted by molar-refractivity contribution is 5.27. The van der Waals surface area contributed by atoms with Gasteiger partial charge < -0.3 is 15.2 Å². The summed E-state index contributed by atoms with van der Waals surface area (Å²) in [5.41, 5.74) is 6.79. The fourth-order valence-corrected chi connectivity index (χ4v) is 2.94. The van der Waals surface area contributed by atoms with Crippen LogP contribution in [0.4, 0.5) is 0 Å². The molecule has 1 aromatic carbocycles. The molecule has 2 rings (SSSR count). The minimum atomic E-state index is 0.423. The van der Waals surface area contributed by atoms with Gasteiger partial charge in [0.25, 0.3) is 0 Å². The summed E-state index contributed by atoms with van der Waals surface area (Å²) in [6.07, 6.45) is 5.01. The molecule has 1 fully saturated rings. The van der Waals surface area contributed by atoms with Crippen LogP contribution in [0.2, 0.25) is 0 Å². The highest BCUT2D eigenvalue weighted by atomic mass is 16.5. The molecule has 0 saturated heterocycles. The Labute approximate surface area is 128 Å². The van der Waals surface area contributed by atoms with Crippen molar-refractivity contribution in [3.05, 3.63) is 29.8 Å². The Balaban J connectivity index is 1.63. The second-order valence-electron chi connectivity index (χ2n) is 6.29. The maximum Gasteiger partial charge on any atom is 0.119 e. The van der Waals surface area contributed by atoms with Crippen LogP contribution in [-0.4, -0.2) is 25.9 Å². The molecule has 3 unspecified atom stereocenters. The van der Waals surface area contributed by atoms with Crippen LogP contribution >= 0.6 is 0 Å². The molecule has 21 heavy (non-hydrogen) atoms. The maximum absolute atomic E-state index is 5.94. The van der Waals surface area contributed by atoms with E-state index in [0.717, 1.165) is 24.0 Å². The predicted octanol–water partition coefficient (Wildman–Crippen LogP) is 3.41. The van der Waals surface area contributed by atoms with Gasteiger partial charge in [0, 0.05) is 0 Å². The van der Waals surface area contributed by atoms with E-state index in [1.165, 1.54) is 24.8 Å². The Hall–Kier alpha value is -1.06. The van der Waals surface area contributed by atoms with Gasteiger partial charge in [-0.05, 0) is 61.8 Å². The zero-order chi connectivity index (χ0) is 15.1. The summed E-state index contributed by atoms with van der Waals surface area (Å²) in [4.78, 5) is 0. The van der Waals surface area contributed by atoms with Crippen LogP contribution in [-0.2, 0) is 11.2 Å². The maximum atomic E-state index is 5.94. The van der Waals surface area contributed by atoms with Crippen molar-refractivity contribution in [1.82, 2.24) is 0 Å². The lowest BCUT2D eigenvalue weighted by Crippen LogP contribution is -2.28. The lowest BCUT2D eigenvalue weighted by Gasteiger charge is -2.31. The molecule has 0 heterocycles. The van der Waals surface area contributed by atoms with Crippen LogP contribution in [0, 0.1) is 11.8 Å². The molecule has 1 aromatic rings. The van der Waals surface area contributed by atoms with Gasteiger partial charge in [-0.25, -0.2) is 0 Å². The Morgan fingerprint density at radius 1 is 1.05 bits per heavy atom. The molecular formula is C18H29NO2. The van der Waals surface area contributed by atoms with Gasteiger partial charge in [0.05, 0.1) is 12.7 Å². The van der Waals surface area contributed by atoms with Crippen LogP contribution in [0.15, 0.2) is 24.3 Å². The van der Waals surface area contributed by atoms with Gasteiger partial charge >= 0.3 is 0 Å². The summed E-state index contributed by atoms with van der Waals surface area (Å²) in [6.45, 7) is 6.66. The minimum absolute atomic E-state index is 0.423. The Morgan fingerprint density at radius 2 is 1.81 bits per heavy atom. The van der Waals surface area contributed by atoms with E-state index >= 15 is 0 Å². The van der Waals surface area contributed by atoms with Gasteiger partial charge in [-0.15, -0.1) is 0 Å². The molecule has 0 aromatic heterocycles. The molecule has 1 aliphatic rings. The average Bonchev–Trinajstić information content (AvgIpc) is 2.49. The first-order valence-electron chi connectivity index (χ1n) is 8.22. The molecule has 1 aliphatic carbocycles. The first-order valence-corrected chi connectivity index (χ1v) is 8.22. The molecule has 0 radical (unpaired) electrons. The molecule has 0 amide bonds. The second kappa shape index (κ2) is 8.40. The SMILES string of the molecule is CC1CCC(OCCOc2ccc(CCN)cc2)CC1C. The van der Waals surface area contributed by atoms with E-state index in [9.17, 15) is 0 Å². The van der Waals surface area contributed by atoms with Crippen LogP contribution in [0.1, 0.15) is 38.7 Å². The highest BCUT2D eigenvalue weighted by Gasteiger charge is 2.24. The highest BCUT2D eigenvalue weighted by Crippen LogP contribution is 2.30. The Morgan fingerprint density at radius 3 is 2.48 bits per heavy atom. The van der Waals surface area contributed by atoms with E-state index < -0.39 is 0 Å². The van der Waals surface area contributed by atoms with Crippen LogP contribution in [0.25, 0.3) is 0 Å². The van der Waals surface area contributed by atoms with Crippen molar-refractivity contribution in [2.24, 2.45) is 17.6 Å². The van der Waals surface area contributed by atoms with E-state index in [1.807, 2.05) is 12.1 Å². The van der Waals surface area contributed by atoms with Gasteiger partial charge in [-0.3, -0.25) is 0 Å². The third kappa shape index (κ3) is 5.33. The van der Waals surface area contributed by atoms with E-state index in [4.69, 9.17) is 15.2 Å². The molecule has 3 heteroatoms. The van der Waals surface area contributed by atoms with Gasteiger partial charge in [0.1, 0.15) is 12.4 Å². The van der Waals surface area contributed by atoms with Crippen LogP contribution in [0.5, 0.6) is 5.75 Å². The lowest BCUT2D eigenvalue weighted by molar-refractivity contribution is -0.00908. The van der Waals surface area contributed by atoms with Crippen LogP contribution < -0.4 is 10.5 Å². The van der Waals surface area contributed by atoms with Gasteiger partial charge in [-0.1, -0.05) is 26.0 Å². The van der Waals surface area contributed by atoms with Crippen molar-refractivity contribution >= 4 is 0 Å². The van der Waals surface area contributed by atoms with Crippen LogP contribution in [0.3, 0.4) is 0 Å². The topological polar surface area (TPSA) is 44.5 Å². The molecular weight excluding hydrogens is 262 g/mol. The van der Waals surface area contributed by atoms with Crippen molar-refractivity contribution in [1.29, 1.82) is 0 Å². The standard InChI is InChI=1S/C18H29NO2/c1-14-3-6-18(13-15(14)2)21-12-11-20-17-7-4-16(5-8-17)9-10-19/h4-5,7-8,14-15,18H,3,6,9-13,19H2,1-2H3. The molecule has 3 atom stereocenters. The van der Waals surface area contributed by atoms with E-state index in [-0.39, 0.29) is 0 Å². The summed E-state index contributed by atoms with van der Waals surface area (Å²) in [7, 11) is 0. The summed E-state index contributed by atoms with van der Waals surface area (Å²) >= 11 is 0. The summed E-state index contributed by atoms with van der Waals surface area (Å²) in [5, 5.41) is 0. The third-order valence-electron chi connectivity index (χ3n) is 4.61. The Kier molecular flexibility index (Phi) is 6.52. The lowest BCUT2D eigenvalue weighted by atomic mass is 9.80. The largest absolute Gasteiger partial charge is 0.491 e. The van der Waals surface area contributed by atoms with Crippen molar-refractivity contribution in [3.63, 3.8) is 0 Å². The zero-order valence-corrected chi connectivity index (χ0v) is 13.4. The first-order chi connectivity index (χ1) is 10.2. The second-order valence-corrected chi connectivity index (χ2v) is 6.29. The fourth-order valence-electron chi connectivity index (χ4n) is 2.94. The first kappa shape index (κ1) is 16.3. The van der Waals surface area contributed by atoms with Crippen molar-refractivity contribution in [2.45, 2.75) is 45.6 Å². The quantitative estimate of drug-likeness (QED) is 0.783. The van der Waals surface area contributed by atoms with E-state index in [0.29, 0.717) is 25.9 Å². The molecule has 0 bridgehead atoms. The zero-order valence-electron chi connectivity index (χ0n) is 13.4. The van der Waals surface area contributed by atoms with E-state index in [1.54, 1.807) is 0 Å². The molecule has 0 aliphatic heterocycles. The van der Waals surface area contributed by atoms with Gasteiger partial charge in [0.15, 0.2) is 0 Å². The van der Waals surface area contributed by atoms with Crippen molar-refractivity contribution < 1.29 is 9.47 Å². The summed E-state index contributed by atoms with van der Waals surface area (Å²) < 4.78 is 11.7. The minimum Gasteiger partial charge on any atom is -0.491 e. The fraction of sp³-hybridized carbons (Fsp3) is 0.667. The van der Waals surface area contributed by atoms with Crippen molar-refractivity contribution in [3.8, 4) is 5.75 Å². The predicted molar refractivity (Wildman–Crippen MR) is 86.6 cm³/mol. The van der Waals surface area contributed by atoms with Gasteiger partial charge in [-0.2, -0.15) is 0 Å². The summed E-state index contributed by atoms with van der Waals surface area (Å²) in [5.74, 6) is 2.53. The summed E-state index contributed by atoms with van der Waals surface area (Å²) in [6, 6.07) is 8.17.